The van der Waals surface area contributed by atoms with E-state index in [0.717, 1.165) is 15.1 Å². The van der Waals surface area contributed by atoms with Crippen molar-refractivity contribution in [3.8, 4) is 0 Å². The van der Waals surface area contributed by atoms with Crippen LogP contribution < -0.4 is 11.1 Å². The topological polar surface area (TPSA) is 55.1 Å². The average molecular weight is 372 g/mol. The fourth-order valence-corrected chi connectivity index (χ4v) is 3.01. The minimum Gasteiger partial charge on any atom is -0.399 e. The van der Waals surface area contributed by atoms with Gasteiger partial charge in [-0.1, -0.05) is 33.6 Å². The third-order valence-corrected chi connectivity index (χ3v) is 4.41. The highest BCUT2D eigenvalue weighted by Gasteiger charge is 2.07. The standard InChI is InChI=1S/C14H12BrClN2OS/c15-9-2-1-3-11(6-9)18-14(19)8-20-13-5-4-10(17)7-12(13)16/h1-7H,8,17H2,(H,18,19). The summed E-state index contributed by atoms with van der Waals surface area (Å²) in [6, 6.07) is 12.7. The van der Waals surface area contributed by atoms with Crippen LogP contribution in [0.15, 0.2) is 51.8 Å². The zero-order chi connectivity index (χ0) is 14.5. The van der Waals surface area contributed by atoms with E-state index in [1.807, 2.05) is 30.3 Å². The molecule has 0 atom stereocenters. The van der Waals surface area contributed by atoms with Gasteiger partial charge in [-0.15, -0.1) is 11.8 Å². The number of hydrogen-bond donors (Lipinski definition) is 2. The summed E-state index contributed by atoms with van der Waals surface area (Å²) in [6.45, 7) is 0. The molecule has 0 aliphatic carbocycles. The molecule has 0 aromatic heterocycles. The number of halogens is 2. The molecule has 6 heteroatoms. The molecular formula is C14H12BrClN2OS. The van der Waals surface area contributed by atoms with Gasteiger partial charge in [0.05, 0.1) is 10.8 Å². The molecule has 0 saturated heterocycles. The van der Waals surface area contributed by atoms with Gasteiger partial charge in [-0.25, -0.2) is 0 Å². The van der Waals surface area contributed by atoms with Gasteiger partial charge in [0.1, 0.15) is 0 Å². The van der Waals surface area contributed by atoms with E-state index in [2.05, 4.69) is 21.2 Å². The van der Waals surface area contributed by atoms with Crippen LogP contribution in [0.5, 0.6) is 0 Å². The van der Waals surface area contributed by atoms with Crippen molar-refractivity contribution in [2.45, 2.75) is 4.90 Å². The van der Waals surface area contributed by atoms with Crippen molar-refractivity contribution in [2.75, 3.05) is 16.8 Å². The van der Waals surface area contributed by atoms with E-state index in [-0.39, 0.29) is 11.7 Å². The van der Waals surface area contributed by atoms with Crippen molar-refractivity contribution in [1.29, 1.82) is 0 Å². The maximum absolute atomic E-state index is 11.9. The van der Waals surface area contributed by atoms with Crippen LogP contribution in [-0.2, 0) is 4.79 Å². The summed E-state index contributed by atoms with van der Waals surface area (Å²) in [7, 11) is 0. The van der Waals surface area contributed by atoms with Crippen molar-refractivity contribution in [3.05, 3.63) is 52.0 Å². The number of rotatable bonds is 4. The summed E-state index contributed by atoms with van der Waals surface area (Å²) in [5.74, 6) is 0.205. The predicted octanol–water partition coefficient (Wildman–Crippen LogP) is 4.42. The average Bonchev–Trinajstić information content (AvgIpc) is 2.37. The maximum atomic E-state index is 11.9. The smallest absolute Gasteiger partial charge is 0.234 e. The van der Waals surface area contributed by atoms with Crippen LogP contribution in [0.1, 0.15) is 0 Å². The Labute approximate surface area is 135 Å². The lowest BCUT2D eigenvalue weighted by atomic mass is 10.3. The lowest BCUT2D eigenvalue weighted by molar-refractivity contribution is -0.113. The summed E-state index contributed by atoms with van der Waals surface area (Å²) in [5.41, 5.74) is 6.99. The van der Waals surface area contributed by atoms with E-state index in [1.54, 1.807) is 12.1 Å². The summed E-state index contributed by atoms with van der Waals surface area (Å²) in [5, 5.41) is 3.39. The molecule has 0 aliphatic heterocycles. The Kier molecular flexibility index (Phi) is 5.34. The van der Waals surface area contributed by atoms with Crippen molar-refractivity contribution in [2.24, 2.45) is 0 Å². The van der Waals surface area contributed by atoms with Gasteiger partial charge in [0.25, 0.3) is 0 Å². The highest BCUT2D eigenvalue weighted by molar-refractivity contribution is 9.10. The minimum atomic E-state index is -0.0824. The SMILES string of the molecule is Nc1ccc(SCC(=O)Nc2cccc(Br)c2)c(Cl)c1. The molecule has 0 heterocycles. The first-order chi connectivity index (χ1) is 9.54. The summed E-state index contributed by atoms with van der Waals surface area (Å²) in [6.07, 6.45) is 0. The Bertz CT molecular complexity index is 636. The number of thioether (sulfide) groups is 1. The van der Waals surface area contributed by atoms with E-state index in [9.17, 15) is 4.79 Å². The Morgan fingerprint density at radius 1 is 1.30 bits per heavy atom. The Morgan fingerprint density at radius 2 is 2.10 bits per heavy atom. The second-order valence-electron chi connectivity index (χ2n) is 4.04. The van der Waals surface area contributed by atoms with Crippen LogP contribution in [0.3, 0.4) is 0 Å². The second-order valence-corrected chi connectivity index (χ2v) is 6.38. The summed E-state index contributed by atoms with van der Waals surface area (Å²) < 4.78 is 0.921. The number of anilines is 2. The first-order valence-corrected chi connectivity index (χ1v) is 7.93. The molecule has 0 aliphatic rings. The number of benzene rings is 2. The van der Waals surface area contributed by atoms with Gasteiger partial charge in [0, 0.05) is 20.7 Å². The fourth-order valence-electron chi connectivity index (χ4n) is 1.54. The van der Waals surface area contributed by atoms with Crippen LogP contribution in [0.25, 0.3) is 0 Å². The van der Waals surface area contributed by atoms with Gasteiger partial charge in [-0.05, 0) is 36.4 Å². The quantitative estimate of drug-likeness (QED) is 0.618. The number of nitrogens with two attached hydrogens (primary N) is 1. The third-order valence-electron chi connectivity index (χ3n) is 2.42. The van der Waals surface area contributed by atoms with E-state index in [4.69, 9.17) is 17.3 Å². The Balaban J connectivity index is 1.92. The van der Waals surface area contributed by atoms with Crippen molar-refractivity contribution in [1.82, 2.24) is 0 Å². The molecule has 3 N–H and O–H groups in total. The summed E-state index contributed by atoms with van der Waals surface area (Å²) >= 11 is 10.8. The zero-order valence-electron chi connectivity index (χ0n) is 10.4. The minimum absolute atomic E-state index is 0.0824. The molecule has 20 heavy (non-hydrogen) atoms. The van der Waals surface area contributed by atoms with Gasteiger partial charge in [-0.3, -0.25) is 4.79 Å². The second kappa shape index (κ2) is 7.02. The number of nitrogen functional groups attached to an aromatic ring is 1. The molecule has 0 fully saturated rings. The van der Waals surface area contributed by atoms with E-state index >= 15 is 0 Å². The molecule has 0 spiro atoms. The van der Waals surface area contributed by atoms with Crippen LogP contribution in [0.2, 0.25) is 5.02 Å². The molecule has 0 bridgehead atoms. The lowest BCUT2D eigenvalue weighted by Gasteiger charge is -2.07. The molecule has 0 unspecified atom stereocenters. The van der Waals surface area contributed by atoms with E-state index in [1.165, 1.54) is 11.8 Å². The molecular weight excluding hydrogens is 360 g/mol. The number of carbonyl (C=O) groups excluding carboxylic acids is 1. The molecule has 1 amide bonds. The first-order valence-electron chi connectivity index (χ1n) is 5.78. The van der Waals surface area contributed by atoms with Gasteiger partial charge in [0.2, 0.25) is 5.91 Å². The molecule has 2 rings (SSSR count). The monoisotopic (exact) mass is 370 g/mol. The predicted molar refractivity (Wildman–Crippen MR) is 89.4 cm³/mol. The van der Waals surface area contributed by atoms with Crippen LogP contribution in [0, 0.1) is 0 Å². The Hall–Kier alpha value is -1.17. The molecule has 2 aromatic rings. The van der Waals surface area contributed by atoms with Crippen molar-refractivity contribution in [3.63, 3.8) is 0 Å². The van der Waals surface area contributed by atoms with Crippen LogP contribution in [0.4, 0.5) is 11.4 Å². The molecule has 104 valence electrons. The van der Waals surface area contributed by atoms with Crippen LogP contribution >= 0.6 is 39.3 Å². The highest BCUT2D eigenvalue weighted by Crippen LogP contribution is 2.28. The summed E-state index contributed by atoms with van der Waals surface area (Å²) in [4.78, 5) is 12.7. The normalized spacial score (nSPS) is 10.3. The Morgan fingerprint density at radius 3 is 2.80 bits per heavy atom. The van der Waals surface area contributed by atoms with Crippen molar-refractivity contribution >= 4 is 56.6 Å². The number of carbonyl (C=O) groups is 1. The molecule has 0 radical (unpaired) electrons. The van der Waals surface area contributed by atoms with Gasteiger partial charge < -0.3 is 11.1 Å². The number of amides is 1. The zero-order valence-corrected chi connectivity index (χ0v) is 13.6. The fraction of sp³-hybridized carbons (Fsp3) is 0.0714. The number of nitrogens with one attached hydrogen (secondary N) is 1. The lowest BCUT2D eigenvalue weighted by Crippen LogP contribution is -2.13. The van der Waals surface area contributed by atoms with Gasteiger partial charge >= 0.3 is 0 Å². The van der Waals surface area contributed by atoms with E-state index in [0.29, 0.717) is 10.7 Å². The highest BCUT2D eigenvalue weighted by atomic mass is 79.9. The largest absolute Gasteiger partial charge is 0.399 e. The van der Waals surface area contributed by atoms with E-state index < -0.39 is 0 Å². The molecule has 3 nitrogen and oxygen atoms in total. The number of hydrogen-bond acceptors (Lipinski definition) is 3. The van der Waals surface area contributed by atoms with Gasteiger partial charge in [0.15, 0.2) is 0 Å². The molecule has 2 aromatic carbocycles. The van der Waals surface area contributed by atoms with Crippen molar-refractivity contribution < 1.29 is 4.79 Å². The maximum Gasteiger partial charge on any atom is 0.234 e. The van der Waals surface area contributed by atoms with Gasteiger partial charge in [-0.2, -0.15) is 0 Å². The first kappa shape index (κ1) is 15.2. The molecule has 0 saturated carbocycles. The van der Waals surface area contributed by atoms with Crippen LogP contribution in [-0.4, -0.2) is 11.7 Å². The third kappa shape index (κ3) is 4.44.